The van der Waals surface area contributed by atoms with Crippen molar-refractivity contribution in [3.63, 3.8) is 0 Å². The van der Waals surface area contributed by atoms with Crippen LogP contribution in [0.4, 0.5) is 13.2 Å². The molecular formula is C10H14F3N3. The summed E-state index contributed by atoms with van der Waals surface area (Å²) in [4.78, 5) is 0. The van der Waals surface area contributed by atoms with Gasteiger partial charge in [-0.1, -0.05) is 0 Å². The minimum absolute atomic E-state index is 0.190. The summed E-state index contributed by atoms with van der Waals surface area (Å²) in [5.74, 6) is 0.190. The fourth-order valence-corrected chi connectivity index (χ4v) is 2.12. The van der Waals surface area contributed by atoms with E-state index in [1.807, 2.05) is 0 Å². The quantitative estimate of drug-likeness (QED) is 0.803. The van der Waals surface area contributed by atoms with E-state index in [1.165, 1.54) is 10.7 Å². The van der Waals surface area contributed by atoms with E-state index >= 15 is 0 Å². The monoisotopic (exact) mass is 233 g/mol. The van der Waals surface area contributed by atoms with Gasteiger partial charge in [-0.3, -0.25) is 4.68 Å². The molecule has 90 valence electrons. The van der Waals surface area contributed by atoms with E-state index < -0.39 is 11.9 Å². The van der Waals surface area contributed by atoms with Gasteiger partial charge in [-0.2, -0.15) is 18.3 Å². The predicted octanol–water partition coefficient (Wildman–Crippen LogP) is 1.91. The summed E-state index contributed by atoms with van der Waals surface area (Å²) in [6.45, 7) is 1.72. The van der Waals surface area contributed by atoms with Gasteiger partial charge in [0.2, 0.25) is 0 Å². The summed E-state index contributed by atoms with van der Waals surface area (Å²) in [5, 5.41) is 6.72. The molecule has 0 bridgehead atoms. The minimum atomic E-state index is -4.34. The van der Waals surface area contributed by atoms with Gasteiger partial charge in [-0.25, -0.2) is 0 Å². The number of hydrogen-bond donors (Lipinski definition) is 1. The Morgan fingerprint density at radius 2 is 2.00 bits per heavy atom. The van der Waals surface area contributed by atoms with Crippen molar-refractivity contribution in [2.75, 3.05) is 13.1 Å². The van der Waals surface area contributed by atoms with Crippen LogP contribution in [0.3, 0.4) is 0 Å². The number of piperidine rings is 1. The summed E-state index contributed by atoms with van der Waals surface area (Å²) in [6.07, 6.45) is -2.60. The molecule has 0 spiro atoms. The van der Waals surface area contributed by atoms with Gasteiger partial charge in [0, 0.05) is 18.7 Å². The Bertz CT molecular complexity index is 364. The molecule has 3 nitrogen and oxygen atoms in total. The molecule has 0 aromatic carbocycles. The highest BCUT2D eigenvalue weighted by atomic mass is 19.4. The number of halogens is 3. The molecule has 1 N–H and O–H groups in total. The average Bonchev–Trinajstić information content (AvgIpc) is 2.61. The van der Waals surface area contributed by atoms with Gasteiger partial charge >= 0.3 is 6.18 Å². The zero-order chi connectivity index (χ0) is 11.8. The average molecular weight is 233 g/mol. The van der Waals surface area contributed by atoms with Crippen LogP contribution >= 0.6 is 0 Å². The normalized spacial score (nSPS) is 19.0. The summed E-state index contributed by atoms with van der Waals surface area (Å²) >= 11 is 0. The fourth-order valence-electron chi connectivity index (χ4n) is 2.12. The van der Waals surface area contributed by atoms with Crippen LogP contribution in [-0.4, -0.2) is 22.9 Å². The molecule has 2 rings (SSSR count). The first-order valence-electron chi connectivity index (χ1n) is 5.30. The largest absolute Gasteiger partial charge is 0.435 e. The highest BCUT2D eigenvalue weighted by Crippen LogP contribution is 2.32. The van der Waals surface area contributed by atoms with Crippen molar-refractivity contribution in [3.05, 3.63) is 17.5 Å². The first-order chi connectivity index (χ1) is 7.48. The second-order valence-electron chi connectivity index (χ2n) is 4.10. The van der Waals surface area contributed by atoms with E-state index in [0.29, 0.717) is 5.69 Å². The first kappa shape index (κ1) is 11.4. The second kappa shape index (κ2) is 4.08. The molecule has 0 atom stereocenters. The smallest absolute Gasteiger partial charge is 0.317 e. The maximum Gasteiger partial charge on any atom is 0.435 e. The minimum Gasteiger partial charge on any atom is -0.317 e. The molecule has 0 aliphatic carbocycles. The van der Waals surface area contributed by atoms with Gasteiger partial charge in [-0.15, -0.1) is 0 Å². The number of hydrogen-bond acceptors (Lipinski definition) is 2. The lowest BCUT2D eigenvalue weighted by atomic mass is 9.94. The van der Waals surface area contributed by atoms with Gasteiger partial charge in [0.15, 0.2) is 5.69 Å². The SMILES string of the molecule is Cn1nc(C(F)(F)F)cc1C1CCNCC1. The van der Waals surface area contributed by atoms with Crippen molar-refractivity contribution in [1.29, 1.82) is 0 Å². The van der Waals surface area contributed by atoms with E-state index in [-0.39, 0.29) is 5.92 Å². The van der Waals surface area contributed by atoms with Crippen LogP contribution in [0.5, 0.6) is 0 Å². The summed E-state index contributed by atoms with van der Waals surface area (Å²) in [7, 11) is 1.58. The number of rotatable bonds is 1. The summed E-state index contributed by atoms with van der Waals surface area (Å²) in [6, 6.07) is 1.18. The van der Waals surface area contributed by atoms with Crippen LogP contribution in [0.2, 0.25) is 0 Å². The Kier molecular flexibility index (Phi) is 2.92. The molecule has 1 saturated heterocycles. The lowest BCUT2D eigenvalue weighted by Crippen LogP contribution is -2.27. The van der Waals surface area contributed by atoms with E-state index in [4.69, 9.17) is 0 Å². The zero-order valence-corrected chi connectivity index (χ0v) is 9.01. The molecule has 0 amide bonds. The molecule has 1 aromatic heterocycles. The number of nitrogens with zero attached hydrogens (tertiary/aromatic N) is 2. The van der Waals surface area contributed by atoms with Gasteiger partial charge < -0.3 is 5.32 Å². The third-order valence-electron chi connectivity index (χ3n) is 2.96. The number of nitrogens with one attached hydrogen (secondary N) is 1. The van der Waals surface area contributed by atoms with Crippen molar-refractivity contribution < 1.29 is 13.2 Å². The van der Waals surface area contributed by atoms with Crippen molar-refractivity contribution in [2.24, 2.45) is 7.05 Å². The molecule has 1 fully saturated rings. The second-order valence-corrected chi connectivity index (χ2v) is 4.10. The van der Waals surface area contributed by atoms with E-state index in [2.05, 4.69) is 10.4 Å². The van der Waals surface area contributed by atoms with E-state index in [1.54, 1.807) is 7.05 Å². The first-order valence-corrected chi connectivity index (χ1v) is 5.30. The number of aryl methyl sites for hydroxylation is 1. The van der Waals surface area contributed by atoms with Gasteiger partial charge in [-0.05, 0) is 32.0 Å². The molecule has 0 unspecified atom stereocenters. The maximum absolute atomic E-state index is 12.5. The highest BCUT2D eigenvalue weighted by molar-refractivity contribution is 5.17. The Morgan fingerprint density at radius 3 is 2.50 bits per heavy atom. The standard InChI is InChI=1S/C10H14F3N3/c1-16-8(7-2-4-14-5-3-7)6-9(15-16)10(11,12)13/h6-7,14H,2-5H2,1H3. The van der Waals surface area contributed by atoms with Crippen molar-refractivity contribution in [2.45, 2.75) is 24.9 Å². The fraction of sp³-hybridized carbons (Fsp3) is 0.700. The summed E-state index contributed by atoms with van der Waals surface area (Å²) < 4.78 is 38.7. The Morgan fingerprint density at radius 1 is 1.38 bits per heavy atom. The third kappa shape index (κ3) is 2.21. The van der Waals surface area contributed by atoms with Gasteiger partial charge in [0.05, 0.1) is 0 Å². The highest BCUT2D eigenvalue weighted by Gasteiger charge is 2.35. The lowest BCUT2D eigenvalue weighted by molar-refractivity contribution is -0.141. The van der Waals surface area contributed by atoms with Crippen LogP contribution in [0.1, 0.15) is 30.1 Å². The number of alkyl halides is 3. The lowest BCUT2D eigenvalue weighted by Gasteiger charge is -2.22. The summed E-state index contributed by atoms with van der Waals surface area (Å²) in [5.41, 5.74) is -0.0997. The van der Waals surface area contributed by atoms with Crippen molar-refractivity contribution >= 4 is 0 Å². The van der Waals surface area contributed by atoms with Gasteiger partial charge in [0.25, 0.3) is 0 Å². The maximum atomic E-state index is 12.5. The van der Waals surface area contributed by atoms with Crippen molar-refractivity contribution in [3.8, 4) is 0 Å². The Balaban J connectivity index is 2.24. The molecule has 1 aliphatic rings. The molecule has 1 aromatic rings. The Labute approximate surface area is 91.6 Å². The van der Waals surface area contributed by atoms with Gasteiger partial charge in [0.1, 0.15) is 0 Å². The topological polar surface area (TPSA) is 29.9 Å². The van der Waals surface area contributed by atoms with Crippen LogP contribution in [0.15, 0.2) is 6.07 Å². The molecule has 1 aliphatic heterocycles. The molecule has 16 heavy (non-hydrogen) atoms. The van der Waals surface area contributed by atoms with E-state index in [9.17, 15) is 13.2 Å². The van der Waals surface area contributed by atoms with Crippen LogP contribution in [0, 0.1) is 0 Å². The predicted molar refractivity (Wildman–Crippen MR) is 53.1 cm³/mol. The molecule has 2 heterocycles. The van der Waals surface area contributed by atoms with Crippen LogP contribution in [-0.2, 0) is 13.2 Å². The molecule has 0 saturated carbocycles. The van der Waals surface area contributed by atoms with Crippen molar-refractivity contribution in [1.82, 2.24) is 15.1 Å². The molecule has 6 heteroatoms. The molecular weight excluding hydrogens is 219 g/mol. The zero-order valence-electron chi connectivity index (χ0n) is 9.01. The van der Waals surface area contributed by atoms with Crippen LogP contribution in [0.25, 0.3) is 0 Å². The van der Waals surface area contributed by atoms with E-state index in [0.717, 1.165) is 25.9 Å². The number of aromatic nitrogens is 2. The van der Waals surface area contributed by atoms with Crippen LogP contribution < -0.4 is 5.32 Å². The molecule has 0 radical (unpaired) electrons. The Hall–Kier alpha value is -1.04. The third-order valence-corrected chi connectivity index (χ3v) is 2.96.